The average molecular weight is 224 g/mol. The van der Waals surface area contributed by atoms with Crippen LogP contribution in [-0.2, 0) is 4.74 Å². The number of hydrogen-bond donors (Lipinski definition) is 1. The van der Waals surface area contributed by atoms with E-state index in [0.717, 1.165) is 37.6 Å². The number of hydrogen-bond acceptors (Lipinski definition) is 3. The van der Waals surface area contributed by atoms with Gasteiger partial charge in [0, 0.05) is 38.8 Å². The molecule has 3 nitrogen and oxygen atoms in total. The van der Waals surface area contributed by atoms with E-state index in [1.165, 1.54) is 45.3 Å². The zero-order valence-electron chi connectivity index (χ0n) is 10.2. The van der Waals surface area contributed by atoms with E-state index in [4.69, 9.17) is 4.74 Å². The smallest absolute Gasteiger partial charge is 0.0507 e. The van der Waals surface area contributed by atoms with Gasteiger partial charge < -0.3 is 10.1 Å². The molecule has 0 aromatic carbocycles. The molecule has 0 amide bonds. The molecule has 3 atom stereocenters. The third-order valence-electron chi connectivity index (χ3n) is 4.56. The van der Waals surface area contributed by atoms with E-state index in [1.54, 1.807) is 0 Å². The van der Waals surface area contributed by atoms with E-state index < -0.39 is 0 Å². The Balaban J connectivity index is 1.29. The molecule has 16 heavy (non-hydrogen) atoms. The molecule has 2 heterocycles. The molecule has 3 fully saturated rings. The topological polar surface area (TPSA) is 24.5 Å². The molecule has 1 N–H and O–H groups in total. The number of rotatable bonds is 5. The van der Waals surface area contributed by atoms with Gasteiger partial charge in [-0.1, -0.05) is 0 Å². The van der Waals surface area contributed by atoms with Crippen molar-refractivity contribution in [2.45, 2.75) is 31.7 Å². The van der Waals surface area contributed by atoms with Gasteiger partial charge >= 0.3 is 0 Å². The molecule has 3 rings (SSSR count). The number of nitrogens with zero attached hydrogens (tertiary/aromatic N) is 1. The zero-order valence-corrected chi connectivity index (χ0v) is 10.2. The van der Waals surface area contributed by atoms with Crippen LogP contribution in [0.15, 0.2) is 0 Å². The normalized spacial score (nSPS) is 38.6. The quantitative estimate of drug-likeness (QED) is 0.708. The van der Waals surface area contributed by atoms with Gasteiger partial charge in [-0.2, -0.15) is 0 Å². The Morgan fingerprint density at radius 2 is 2.25 bits per heavy atom. The van der Waals surface area contributed by atoms with E-state index in [0.29, 0.717) is 0 Å². The second-order valence-corrected chi connectivity index (χ2v) is 5.76. The third-order valence-corrected chi connectivity index (χ3v) is 4.56. The van der Waals surface area contributed by atoms with E-state index in [9.17, 15) is 0 Å². The van der Waals surface area contributed by atoms with Crippen LogP contribution in [-0.4, -0.2) is 50.3 Å². The summed E-state index contributed by atoms with van der Waals surface area (Å²) in [5, 5.41) is 3.59. The van der Waals surface area contributed by atoms with Gasteiger partial charge in [0.1, 0.15) is 0 Å². The molecule has 0 radical (unpaired) electrons. The van der Waals surface area contributed by atoms with Crippen LogP contribution < -0.4 is 5.32 Å². The second kappa shape index (κ2) is 5.03. The summed E-state index contributed by atoms with van der Waals surface area (Å²) in [6.45, 7) is 6.90. The fourth-order valence-electron chi connectivity index (χ4n) is 3.57. The van der Waals surface area contributed by atoms with Crippen molar-refractivity contribution in [2.24, 2.45) is 11.8 Å². The first kappa shape index (κ1) is 11.0. The predicted octanol–water partition coefficient (Wildman–Crippen LogP) is 1.10. The number of fused-ring (bicyclic) bond motifs is 2. The van der Waals surface area contributed by atoms with Crippen LogP contribution in [0.4, 0.5) is 0 Å². The summed E-state index contributed by atoms with van der Waals surface area (Å²) in [5.74, 6) is 1.81. The van der Waals surface area contributed by atoms with Crippen molar-refractivity contribution < 1.29 is 4.74 Å². The van der Waals surface area contributed by atoms with Gasteiger partial charge in [0.15, 0.2) is 0 Å². The zero-order chi connectivity index (χ0) is 10.8. The van der Waals surface area contributed by atoms with E-state index >= 15 is 0 Å². The van der Waals surface area contributed by atoms with Gasteiger partial charge in [-0.25, -0.2) is 0 Å². The van der Waals surface area contributed by atoms with Gasteiger partial charge in [-0.15, -0.1) is 0 Å². The summed E-state index contributed by atoms with van der Waals surface area (Å²) in [6, 6.07) is 0.932. The molecule has 2 aliphatic heterocycles. The molecule has 92 valence electrons. The molecule has 1 saturated carbocycles. The Morgan fingerprint density at radius 1 is 1.25 bits per heavy atom. The average Bonchev–Trinajstić information content (AvgIpc) is 3.01. The fraction of sp³-hybridized carbons (Fsp3) is 1.00. The maximum absolute atomic E-state index is 5.38. The summed E-state index contributed by atoms with van der Waals surface area (Å²) in [4.78, 5) is 2.70. The van der Waals surface area contributed by atoms with E-state index in [-0.39, 0.29) is 0 Å². The molecule has 2 saturated heterocycles. The number of nitrogens with one attached hydrogen (secondary N) is 1. The molecule has 0 aromatic rings. The standard InChI is InChI=1S/C13H24N2O/c1-2-13-7-11(1)9-15(13)5-4-14-8-12-3-6-16-10-12/h11-14H,1-10H2. The first-order valence-corrected chi connectivity index (χ1v) is 6.94. The van der Waals surface area contributed by atoms with Gasteiger partial charge in [0.2, 0.25) is 0 Å². The molecule has 0 aromatic heterocycles. The van der Waals surface area contributed by atoms with Crippen molar-refractivity contribution in [2.75, 3.05) is 39.4 Å². The summed E-state index contributed by atoms with van der Waals surface area (Å²) in [6.07, 6.45) is 5.69. The number of likely N-dealkylation sites (tertiary alicyclic amines) is 1. The van der Waals surface area contributed by atoms with Crippen molar-refractivity contribution in [3.63, 3.8) is 0 Å². The molecule has 1 aliphatic carbocycles. The second-order valence-electron chi connectivity index (χ2n) is 5.76. The van der Waals surface area contributed by atoms with Crippen LogP contribution in [0, 0.1) is 11.8 Å². The molecule has 0 spiro atoms. The van der Waals surface area contributed by atoms with E-state index in [1.807, 2.05) is 0 Å². The summed E-state index contributed by atoms with van der Waals surface area (Å²) >= 11 is 0. The predicted molar refractivity (Wildman–Crippen MR) is 64.5 cm³/mol. The van der Waals surface area contributed by atoms with Crippen LogP contribution in [0.25, 0.3) is 0 Å². The van der Waals surface area contributed by atoms with Crippen LogP contribution >= 0.6 is 0 Å². The van der Waals surface area contributed by atoms with Crippen LogP contribution in [0.5, 0.6) is 0 Å². The third kappa shape index (κ3) is 2.41. The lowest BCUT2D eigenvalue weighted by atomic mass is 10.1. The minimum absolute atomic E-state index is 0.773. The summed E-state index contributed by atoms with van der Waals surface area (Å²) < 4.78 is 5.38. The molecule has 3 heteroatoms. The van der Waals surface area contributed by atoms with Crippen molar-refractivity contribution in [1.29, 1.82) is 0 Å². The lowest BCUT2D eigenvalue weighted by molar-refractivity contribution is 0.183. The maximum atomic E-state index is 5.38. The van der Waals surface area contributed by atoms with Crippen molar-refractivity contribution in [1.82, 2.24) is 10.2 Å². The Bertz CT molecular complexity index is 228. The Morgan fingerprint density at radius 3 is 2.94 bits per heavy atom. The number of piperidine rings is 1. The first-order chi connectivity index (χ1) is 7.92. The first-order valence-electron chi connectivity index (χ1n) is 6.94. The van der Waals surface area contributed by atoms with Crippen LogP contribution in [0.1, 0.15) is 25.7 Å². The fourth-order valence-corrected chi connectivity index (χ4v) is 3.57. The lowest BCUT2D eigenvalue weighted by Crippen LogP contribution is -2.38. The molecule has 3 unspecified atom stereocenters. The highest BCUT2D eigenvalue weighted by Crippen LogP contribution is 2.36. The maximum Gasteiger partial charge on any atom is 0.0507 e. The minimum Gasteiger partial charge on any atom is -0.381 e. The van der Waals surface area contributed by atoms with Crippen molar-refractivity contribution in [3.8, 4) is 0 Å². The largest absolute Gasteiger partial charge is 0.381 e. The van der Waals surface area contributed by atoms with Gasteiger partial charge in [-0.05, 0) is 37.5 Å². The lowest BCUT2D eigenvalue weighted by Gasteiger charge is -2.26. The summed E-state index contributed by atoms with van der Waals surface area (Å²) in [7, 11) is 0. The van der Waals surface area contributed by atoms with Gasteiger partial charge in [0.05, 0.1) is 6.61 Å². The molecule has 3 aliphatic rings. The van der Waals surface area contributed by atoms with Gasteiger partial charge in [0.25, 0.3) is 0 Å². The van der Waals surface area contributed by atoms with Gasteiger partial charge in [-0.3, -0.25) is 4.90 Å². The Labute approximate surface area is 98.5 Å². The van der Waals surface area contributed by atoms with Crippen LogP contribution in [0.2, 0.25) is 0 Å². The van der Waals surface area contributed by atoms with Crippen molar-refractivity contribution >= 4 is 0 Å². The highest BCUT2D eigenvalue weighted by molar-refractivity contribution is 4.92. The van der Waals surface area contributed by atoms with Crippen molar-refractivity contribution in [3.05, 3.63) is 0 Å². The SMILES string of the molecule is C(CN1CC2CCC1C2)NCC1CCOC1. The van der Waals surface area contributed by atoms with E-state index in [2.05, 4.69) is 10.2 Å². The monoisotopic (exact) mass is 224 g/mol. The Kier molecular flexibility index (Phi) is 3.46. The highest BCUT2D eigenvalue weighted by Gasteiger charge is 2.36. The molecular weight excluding hydrogens is 200 g/mol. The number of ether oxygens (including phenoxy) is 1. The highest BCUT2D eigenvalue weighted by atomic mass is 16.5. The molecule has 2 bridgehead atoms. The van der Waals surface area contributed by atoms with Crippen LogP contribution in [0.3, 0.4) is 0 Å². The summed E-state index contributed by atoms with van der Waals surface area (Å²) in [5.41, 5.74) is 0. The molecular formula is C13H24N2O. The minimum atomic E-state index is 0.773. The Hall–Kier alpha value is -0.120.